The Kier molecular flexibility index (Phi) is 5.70. The quantitative estimate of drug-likeness (QED) is 0.439. The predicted octanol–water partition coefficient (Wildman–Crippen LogP) is 5.32. The Labute approximate surface area is 184 Å². The summed E-state index contributed by atoms with van der Waals surface area (Å²) in [5.41, 5.74) is -1.05. The number of rotatable bonds is 4. The molecule has 0 atom stereocenters. The van der Waals surface area contributed by atoms with Gasteiger partial charge in [0.25, 0.3) is 11.8 Å². The molecule has 0 bridgehead atoms. The van der Waals surface area contributed by atoms with Crippen LogP contribution in [-0.2, 0) is 6.18 Å². The Morgan fingerprint density at radius 2 is 1.52 bits per heavy atom. The van der Waals surface area contributed by atoms with E-state index < -0.39 is 29.0 Å². The lowest BCUT2D eigenvalue weighted by atomic mass is 10.1. The molecule has 0 fully saturated rings. The van der Waals surface area contributed by atoms with Crippen LogP contribution < -0.4 is 16.1 Å². The van der Waals surface area contributed by atoms with E-state index in [4.69, 9.17) is 4.42 Å². The molecule has 1 aromatic heterocycles. The number of halogens is 3. The van der Waals surface area contributed by atoms with Crippen LogP contribution >= 0.6 is 0 Å². The van der Waals surface area contributed by atoms with Crippen LogP contribution in [0.5, 0.6) is 0 Å². The van der Waals surface area contributed by atoms with Gasteiger partial charge in [-0.15, -0.1) is 0 Å². The molecule has 9 heteroatoms. The molecule has 0 radical (unpaired) electrons. The number of fused-ring (bicyclic) bond motifs is 1. The number of hydrogen-bond donors (Lipinski definition) is 2. The van der Waals surface area contributed by atoms with Crippen LogP contribution in [0.25, 0.3) is 11.0 Å². The van der Waals surface area contributed by atoms with Crippen molar-refractivity contribution in [3.8, 4) is 0 Å². The third kappa shape index (κ3) is 4.77. The molecule has 0 saturated heterocycles. The van der Waals surface area contributed by atoms with Crippen molar-refractivity contribution in [1.82, 2.24) is 0 Å². The standard InChI is InChI=1S/C24H15F3N2O4/c25-24(26,27)14-6-5-7-15(12-14)28-22(31)16-8-1-3-10-18(16)29-23(32)21-13-19(30)17-9-2-4-11-20(17)33-21/h1-13H,(H,28,31)(H,29,32). The van der Waals surface area contributed by atoms with E-state index in [0.29, 0.717) is 5.39 Å². The molecule has 0 aliphatic heterocycles. The third-order valence-corrected chi connectivity index (χ3v) is 4.73. The molecule has 33 heavy (non-hydrogen) atoms. The lowest BCUT2D eigenvalue weighted by Gasteiger charge is -2.13. The molecule has 4 rings (SSSR count). The van der Waals surface area contributed by atoms with E-state index in [1.54, 1.807) is 30.3 Å². The highest BCUT2D eigenvalue weighted by Gasteiger charge is 2.30. The van der Waals surface area contributed by atoms with Crippen molar-refractivity contribution in [3.05, 3.63) is 106 Å². The zero-order chi connectivity index (χ0) is 23.6. The summed E-state index contributed by atoms with van der Waals surface area (Å²) in [7, 11) is 0. The van der Waals surface area contributed by atoms with Gasteiger partial charge in [-0.25, -0.2) is 0 Å². The summed E-state index contributed by atoms with van der Waals surface area (Å²) >= 11 is 0. The first-order chi connectivity index (χ1) is 15.7. The smallest absolute Gasteiger partial charge is 0.416 e. The molecule has 4 aromatic rings. The van der Waals surface area contributed by atoms with E-state index in [9.17, 15) is 27.6 Å². The van der Waals surface area contributed by atoms with Gasteiger partial charge >= 0.3 is 6.18 Å². The zero-order valence-corrected chi connectivity index (χ0v) is 16.8. The van der Waals surface area contributed by atoms with Gasteiger partial charge in [-0.1, -0.05) is 30.3 Å². The van der Waals surface area contributed by atoms with Crippen molar-refractivity contribution in [2.45, 2.75) is 6.18 Å². The minimum Gasteiger partial charge on any atom is -0.451 e. The molecule has 2 amide bonds. The molecule has 166 valence electrons. The number of amides is 2. The number of nitrogens with one attached hydrogen (secondary N) is 2. The van der Waals surface area contributed by atoms with Crippen molar-refractivity contribution >= 4 is 34.2 Å². The molecule has 0 unspecified atom stereocenters. The molecule has 0 saturated carbocycles. The Bertz CT molecular complexity index is 1430. The molecule has 2 N–H and O–H groups in total. The van der Waals surface area contributed by atoms with Gasteiger partial charge in [0, 0.05) is 11.8 Å². The summed E-state index contributed by atoms with van der Waals surface area (Å²) in [6, 6.07) is 17.6. The maximum absolute atomic E-state index is 12.9. The van der Waals surface area contributed by atoms with Crippen LogP contribution in [0.2, 0.25) is 0 Å². The van der Waals surface area contributed by atoms with E-state index in [1.165, 1.54) is 30.3 Å². The minimum atomic E-state index is -4.56. The molecule has 0 aliphatic rings. The second kappa shape index (κ2) is 8.62. The van der Waals surface area contributed by atoms with E-state index in [2.05, 4.69) is 10.6 Å². The summed E-state index contributed by atoms with van der Waals surface area (Å²) in [5.74, 6) is -1.76. The van der Waals surface area contributed by atoms with Gasteiger partial charge in [0.1, 0.15) is 5.58 Å². The number of alkyl halides is 3. The van der Waals surface area contributed by atoms with Gasteiger partial charge in [-0.05, 0) is 42.5 Å². The monoisotopic (exact) mass is 452 g/mol. The maximum atomic E-state index is 12.9. The summed E-state index contributed by atoms with van der Waals surface area (Å²) < 4.78 is 44.3. The van der Waals surface area contributed by atoms with Gasteiger partial charge in [-0.2, -0.15) is 13.2 Å². The normalized spacial score (nSPS) is 11.2. The summed E-state index contributed by atoms with van der Waals surface area (Å²) in [5, 5.41) is 5.22. The summed E-state index contributed by atoms with van der Waals surface area (Å²) in [6.45, 7) is 0. The summed E-state index contributed by atoms with van der Waals surface area (Å²) in [4.78, 5) is 37.7. The minimum absolute atomic E-state index is 0.00592. The first-order valence-electron chi connectivity index (χ1n) is 9.64. The number of carbonyl (C=O) groups is 2. The number of hydrogen-bond acceptors (Lipinski definition) is 4. The SMILES string of the molecule is O=C(Nc1ccccc1C(=O)Nc1cccc(C(F)(F)F)c1)c1cc(=O)c2ccccc2o1. The highest BCUT2D eigenvalue weighted by molar-refractivity contribution is 6.12. The highest BCUT2D eigenvalue weighted by atomic mass is 19.4. The van der Waals surface area contributed by atoms with Gasteiger partial charge in [0.05, 0.1) is 22.2 Å². The molecule has 3 aromatic carbocycles. The lowest BCUT2D eigenvalue weighted by molar-refractivity contribution is -0.137. The van der Waals surface area contributed by atoms with E-state index in [0.717, 1.165) is 18.2 Å². The topological polar surface area (TPSA) is 88.4 Å². The third-order valence-electron chi connectivity index (χ3n) is 4.73. The Hall–Kier alpha value is -4.40. The fourth-order valence-electron chi connectivity index (χ4n) is 3.16. The van der Waals surface area contributed by atoms with Crippen LogP contribution in [0.15, 0.2) is 88.1 Å². The second-order valence-electron chi connectivity index (χ2n) is 7.00. The van der Waals surface area contributed by atoms with Gasteiger partial charge in [0.2, 0.25) is 0 Å². The van der Waals surface area contributed by atoms with Crippen molar-refractivity contribution in [3.63, 3.8) is 0 Å². The largest absolute Gasteiger partial charge is 0.451 e. The molecule has 0 spiro atoms. The first kappa shape index (κ1) is 21.8. The molecular weight excluding hydrogens is 437 g/mol. The second-order valence-corrected chi connectivity index (χ2v) is 7.00. The fraction of sp³-hybridized carbons (Fsp3) is 0.0417. The van der Waals surface area contributed by atoms with Crippen molar-refractivity contribution in [1.29, 1.82) is 0 Å². The van der Waals surface area contributed by atoms with Crippen LogP contribution in [0.3, 0.4) is 0 Å². The summed E-state index contributed by atoms with van der Waals surface area (Å²) in [6.07, 6.45) is -4.56. The Balaban J connectivity index is 1.59. The molecular formula is C24H15F3N2O4. The van der Waals surface area contributed by atoms with Crippen LogP contribution in [0.1, 0.15) is 26.5 Å². The zero-order valence-electron chi connectivity index (χ0n) is 16.8. The van der Waals surface area contributed by atoms with Crippen LogP contribution in [-0.4, -0.2) is 11.8 Å². The van der Waals surface area contributed by atoms with E-state index in [1.807, 2.05) is 0 Å². The fourth-order valence-corrected chi connectivity index (χ4v) is 3.16. The number of carbonyl (C=O) groups excluding carboxylic acids is 2. The maximum Gasteiger partial charge on any atom is 0.416 e. The van der Waals surface area contributed by atoms with Gasteiger partial charge in [-0.3, -0.25) is 14.4 Å². The number of anilines is 2. The first-order valence-corrected chi connectivity index (χ1v) is 9.64. The highest BCUT2D eigenvalue weighted by Crippen LogP contribution is 2.31. The average molecular weight is 452 g/mol. The molecule has 1 heterocycles. The van der Waals surface area contributed by atoms with Crippen LogP contribution in [0, 0.1) is 0 Å². The Morgan fingerprint density at radius 1 is 0.788 bits per heavy atom. The molecule has 6 nitrogen and oxygen atoms in total. The van der Waals surface area contributed by atoms with Crippen LogP contribution in [0.4, 0.5) is 24.5 Å². The predicted molar refractivity (Wildman–Crippen MR) is 116 cm³/mol. The molecule has 0 aliphatic carbocycles. The average Bonchev–Trinajstić information content (AvgIpc) is 2.79. The van der Waals surface area contributed by atoms with Gasteiger partial charge < -0.3 is 15.1 Å². The van der Waals surface area contributed by atoms with Crippen molar-refractivity contribution in [2.75, 3.05) is 10.6 Å². The Morgan fingerprint density at radius 3 is 2.30 bits per heavy atom. The van der Waals surface area contributed by atoms with Gasteiger partial charge in [0.15, 0.2) is 11.2 Å². The van der Waals surface area contributed by atoms with E-state index >= 15 is 0 Å². The lowest BCUT2D eigenvalue weighted by Crippen LogP contribution is -2.19. The number of benzene rings is 3. The van der Waals surface area contributed by atoms with Crippen molar-refractivity contribution in [2.24, 2.45) is 0 Å². The van der Waals surface area contributed by atoms with E-state index in [-0.39, 0.29) is 28.3 Å². The van der Waals surface area contributed by atoms with Crippen molar-refractivity contribution < 1.29 is 27.2 Å². The number of para-hydroxylation sites is 2.